The van der Waals surface area contributed by atoms with Crippen LogP contribution in [0.15, 0.2) is 0 Å². The molecular formula is C10H18F2N2O. The number of halogens is 2. The Morgan fingerprint density at radius 2 is 2.07 bits per heavy atom. The van der Waals surface area contributed by atoms with Crippen molar-refractivity contribution in [1.82, 2.24) is 10.2 Å². The molecular weight excluding hydrogens is 202 g/mol. The first-order chi connectivity index (χ1) is 6.91. The maximum Gasteiger partial charge on any atom is 0.255 e. The summed E-state index contributed by atoms with van der Waals surface area (Å²) >= 11 is 0. The number of nitrogens with zero attached hydrogens (tertiary/aromatic N) is 1. The topological polar surface area (TPSA) is 32.3 Å². The third-order valence-electron chi connectivity index (χ3n) is 2.50. The van der Waals surface area contributed by atoms with E-state index < -0.39 is 13.0 Å². The van der Waals surface area contributed by atoms with Crippen LogP contribution >= 0.6 is 0 Å². The van der Waals surface area contributed by atoms with E-state index in [4.69, 9.17) is 0 Å². The summed E-state index contributed by atoms with van der Waals surface area (Å²) in [7, 11) is 0. The van der Waals surface area contributed by atoms with E-state index in [1.54, 1.807) is 6.92 Å². The predicted octanol–water partition coefficient (Wildman–Crippen LogP) is 1.44. The van der Waals surface area contributed by atoms with Crippen molar-refractivity contribution < 1.29 is 13.6 Å². The maximum atomic E-state index is 12.3. The normalized spacial score (nSPS) is 27.1. The van der Waals surface area contributed by atoms with E-state index in [-0.39, 0.29) is 18.1 Å². The molecule has 2 unspecified atom stereocenters. The molecule has 1 aliphatic heterocycles. The van der Waals surface area contributed by atoms with Gasteiger partial charge in [0, 0.05) is 0 Å². The second kappa shape index (κ2) is 4.88. The van der Waals surface area contributed by atoms with E-state index in [1.165, 1.54) is 4.90 Å². The molecule has 0 bridgehead atoms. The Kier molecular flexibility index (Phi) is 4.02. The van der Waals surface area contributed by atoms with Crippen LogP contribution in [0.5, 0.6) is 0 Å². The van der Waals surface area contributed by atoms with E-state index >= 15 is 0 Å². The van der Waals surface area contributed by atoms with Gasteiger partial charge in [0.15, 0.2) is 0 Å². The number of hydrogen-bond acceptors (Lipinski definition) is 2. The molecule has 3 nitrogen and oxygen atoms in total. The Bertz CT molecular complexity index is 233. The predicted molar refractivity (Wildman–Crippen MR) is 53.6 cm³/mol. The highest BCUT2D eigenvalue weighted by Gasteiger charge is 2.37. The number of amides is 1. The molecule has 0 aromatic rings. The van der Waals surface area contributed by atoms with Crippen LogP contribution in [0.2, 0.25) is 0 Å². The standard InChI is InChI=1S/C10H18F2N2O/c1-6(2)4-9-13-7(3)10(15)14(9)5-8(11)12/h6-9,13H,4-5H2,1-3H3. The molecule has 0 spiro atoms. The first kappa shape index (κ1) is 12.4. The van der Waals surface area contributed by atoms with Gasteiger partial charge in [0.1, 0.15) is 0 Å². The van der Waals surface area contributed by atoms with Gasteiger partial charge in [-0.3, -0.25) is 10.1 Å². The lowest BCUT2D eigenvalue weighted by Crippen LogP contribution is -2.41. The van der Waals surface area contributed by atoms with Gasteiger partial charge in [0.25, 0.3) is 6.43 Å². The van der Waals surface area contributed by atoms with Gasteiger partial charge in [-0.1, -0.05) is 13.8 Å². The first-order valence-corrected chi connectivity index (χ1v) is 5.26. The summed E-state index contributed by atoms with van der Waals surface area (Å²) in [6, 6.07) is -0.340. The smallest absolute Gasteiger partial charge is 0.255 e. The average Bonchev–Trinajstić information content (AvgIpc) is 2.31. The fraction of sp³-hybridized carbons (Fsp3) is 0.900. The molecule has 1 N–H and O–H groups in total. The van der Waals surface area contributed by atoms with Gasteiger partial charge >= 0.3 is 0 Å². The van der Waals surface area contributed by atoms with Crippen molar-refractivity contribution in [3.8, 4) is 0 Å². The van der Waals surface area contributed by atoms with Crippen LogP contribution in [-0.4, -0.2) is 36.0 Å². The second-order valence-corrected chi connectivity index (χ2v) is 4.42. The Morgan fingerprint density at radius 3 is 2.53 bits per heavy atom. The van der Waals surface area contributed by atoms with E-state index in [1.807, 2.05) is 13.8 Å². The van der Waals surface area contributed by atoms with E-state index in [0.29, 0.717) is 12.3 Å². The van der Waals surface area contributed by atoms with Crippen molar-refractivity contribution in [3.63, 3.8) is 0 Å². The Labute approximate surface area is 88.8 Å². The van der Waals surface area contributed by atoms with Crippen LogP contribution in [0.3, 0.4) is 0 Å². The molecule has 1 saturated heterocycles. The Hall–Kier alpha value is -0.710. The zero-order valence-electron chi connectivity index (χ0n) is 9.34. The Balaban J connectivity index is 2.64. The number of carbonyl (C=O) groups is 1. The maximum absolute atomic E-state index is 12.3. The minimum atomic E-state index is -2.46. The molecule has 0 aromatic heterocycles. The molecule has 0 aliphatic carbocycles. The molecule has 1 fully saturated rings. The van der Waals surface area contributed by atoms with Gasteiger partial charge in [-0.05, 0) is 19.3 Å². The number of carbonyl (C=O) groups excluding carboxylic acids is 1. The number of alkyl halides is 2. The molecule has 1 rings (SSSR count). The van der Waals surface area contributed by atoms with Gasteiger partial charge in [-0.25, -0.2) is 8.78 Å². The lowest BCUT2D eigenvalue weighted by molar-refractivity contribution is -0.131. The van der Waals surface area contributed by atoms with E-state index in [0.717, 1.165) is 0 Å². The molecule has 5 heteroatoms. The molecule has 88 valence electrons. The highest BCUT2D eigenvalue weighted by Crippen LogP contribution is 2.18. The van der Waals surface area contributed by atoms with Crippen molar-refractivity contribution in [1.29, 1.82) is 0 Å². The number of rotatable bonds is 4. The zero-order valence-corrected chi connectivity index (χ0v) is 9.34. The van der Waals surface area contributed by atoms with Crippen LogP contribution in [0.4, 0.5) is 8.78 Å². The fourth-order valence-corrected chi connectivity index (χ4v) is 1.86. The molecule has 1 heterocycles. The van der Waals surface area contributed by atoms with Gasteiger partial charge in [-0.2, -0.15) is 0 Å². The number of hydrogen-bond donors (Lipinski definition) is 1. The van der Waals surface area contributed by atoms with Gasteiger partial charge in [-0.15, -0.1) is 0 Å². The summed E-state index contributed by atoms with van der Waals surface area (Å²) in [6.45, 7) is 5.26. The molecule has 2 atom stereocenters. The van der Waals surface area contributed by atoms with Gasteiger partial charge in [0.05, 0.1) is 18.8 Å². The van der Waals surface area contributed by atoms with E-state index in [2.05, 4.69) is 5.32 Å². The van der Waals surface area contributed by atoms with Crippen molar-refractivity contribution >= 4 is 5.91 Å². The van der Waals surface area contributed by atoms with Crippen molar-refractivity contribution in [2.24, 2.45) is 5.92 Å². The average molecular weight is 220 g/mol. The Morgan fingerprint density at radius 1 is 1.47 bits per heavy atom. The number of nitrogens with one attached hydrogen (secondary N) is 1. The molecule has 1 amide bonds. The summed E-state index contributed by atoms with van der Waals surface area (Å²) in [4.78, 5) is 12.8. The molecule has 0 aromatic carbocycles. The quantitative estimate of drug-likeness (QED) is 0.777. The lowest BCUT2D eigenvalue weighted by atomic mass is 10.1. The zero-order chi connectivity index (χ0) is 11.6. The second-order valence-electron chi connectivity index (χ2n) is 4.42. The third kappa shape index (κ3) is 3.12. The van der Waals surface area contributed by atoms with Crippen LogP contribution in [0.25, 0.3) is 0 Å². The summed E-state index contributed by atoms with van der Waals surface area (Å²) in [6.07, 6.45) is -1.99. The summed E-state index contributed by atoms with van der Waals surface area (Å²) in [5.74, 6) is 0.154. The monoisotopic (exact) mass is 220 g/mol. The molecule has 1 aliphatic rings. The van der Waals surface area contributed by atoms with E-state index in [9.17, 15) is 13.6 Å². The minimum Gasteiger partial charge on any atom is -0.320 e. The van der Waals surface area contributed by atoms with Gasteiger partial charge in [0.2, 0.25) is 5.91 Å². The SMILES string of the molecule is CC(C)CC1NC(C)C(=O)N1CC(F)F. The molecule has 0 saturated carbocycles. The first-order valence-electron chi connectivity index (χ1n) is 5.26. The summed E-state index contributed by atoms with van der Waals surface area (Å²) in [5, 5.41) is 3.03. The van der Waals surface area contributed by atoms with Crippen LogP contribution in [-0.2, 0) is 4.79 Å². The van der Waals surface area contributed by atoms with Crippen molar-refractivity contribution in [2.75, 3.05) is 6.54 Å². The van der Waals surface area contributed by atoms with Crippen LogP contribution in [0.1, 0.15) is 27.2 Å². The van der Waals surface area contributed by atoms with Crippen LogP contribution < -0.4 is 5.32 Å². The third-order valence-corrected chi connectivity index (χ3v) is 2.50. The van der Waals surface area contributed by atoms with Crippen molar-refractivity contribution in [3.05, 3.63) is 0 Å². The molecule has 0 radical (unpaired) electrons. The highest BCUT2D eigenvalue weighted by molar-refractivity contribution is 5.83. The fourth-order valence-electron chi connectivity index (χ4n) is 1.86. The highest BCUT2D eigenvalue weighted by atomic mass is 19.3. The lowest BCUT2D eigenvalue weighted by Gasteiger charge is -2.25. The van der Waals surface area contributed by atoms with Gasteiger partial charge < -0.3 is 4.90 Å². The summed E-state index contributed by atoms with van der Waals surface area (Å²) < 4.78 is 24.6. The van der Waals surface area contributed by atoms with Crippen molar-refractivity contribution in [2.45, 2.75) is 45.8 Å². The largest absolute Gasteiger partial charge is 0.320 e. The van der Waals surface area contributed by atoms with Crippen LogP contribution in [0, 0.1) is 5.92 Å². The minimum absolute atomic E-state index is 0.221. The molecule has 15 heavy (non-hydrogen) atoms. The summed E-state index contributed by atoms with van der Waals surface area (Å²) in [5.41, 5.74) is 0.